The van der Waals surface area contributed by atoms with Crippen molar-refractivity contribution in [3.63, 3.8) is 0 Å². The molecule has 0 amide bonds. The number of methoxy groups -OCH3 is 3. The van der Waals surface area contributed by atoms with Crippen molar-refractivity contribution >= 4 is 71.1 Å². The fraction of sp³-hybridized carbons (Fsp3) is 0.176. The van der Waals surface area contributed by atoms with Gasteiger partial charge in [-0.3, -0.25) is 0 Å². The van der Waals surface area contributed by atoms with Crippen molar-refractivity contribution in [1.82, 2.24) is 0 Å². The van der Waals surface area contributed by atoms with Crippen LogP contribution in [0, 0.1) is 20.8 Å². The fourth-order valence-electron chi connectivity index (χ4n) is 6.52. The number of esters is 3. The Bertz CT molecular complexity index is 2670. The highest BCUT2D eigenvalue weighted by molar-refractivity contribution is 7.99. The molecular formula is C51H48O12S3. The zero-order valence-electron chi connectivity index (χ0n) is 37.0. The van der Waals surface area contributed by atoms with Gasteiger partial charge in [-0.1, -0.05) is 72.8 Å². The third-order valence-electron chi connectivity index (χ3n) is 9.36. The highest BCUT2D eigenvalue weighted by Crippen LogP contribution is 2.30. The van der Waals surface area contributed by atoms with E-state index in [9.17, 15) is 44.1 Å². The first-order valence-electron chi connectivity index (χ1n) is 20.0. The molecule has 15 heteroatoms. The number of aryl methyl sites for hydroxylation is 3. The van der Waals surface area contributed by atoms with Gasteiger partial charge in [0.05, 0.1) is 54.7 Å². The van der Waals surface area contributed by atoms with Gasteiger partial charge in [-0.25, -0.2) is 28.8 Å². The molecule has 0 unspecified atom stereocenters. The first-order valence-corrected chi connectivity index (χ1v) is 22.9. The second-order valence-electron chi connectivity index (χ2n) is 14.2. The summed E-state index contributed by atoms with van der Waals surface area (Å²) in [5.41, 5.74) is 4.68. The zero-order valence-corrected chi connectivity index (χ0v) is 39.4. The van der Waals surface area contributed by atoms with E-state index in [-0.39, 0.29) is 33.4 Å². The average molecular weight is 949 g/mol. The smallest absolute Gasteiger partial charge is 0.339 e. The lowest BCUT2D eigenvalue weighted by molar-refractivity contribution is 0.0554. The van der Waals surface area contributed by atoms with E-state index in [1.807, 2.05) is 111 Å². The molecule has 0 saturated carbocycles. The van der Waals surface area contributed by atoms with Gasteiger partial charge in [-0.2, -0.15) is 0 Å². The van der Waals surface area contributed by atoms with Crippen LogP contribution in [0.3, 0.4) is 0 Å². The van der Waals surface area contributed by atoms with Crippen LogP contribution in [0.1, 0.15) is 95.5 Å². The summed E-state index contributed by atoms with van der Waals surface area (Å²) in [7, 11) is 3.84. The number of rotatable bonds is 15. The van der Waals surface area contributed by atoms with Crippen molar-refractivity contribution in [2.75, 3.05) is 21.3 Å². The summed E-state index contributed by atoms with van der Waals surface area (Å²) in [6.45, 7) is 5.47. The monoisotopic (exact) mass is 948 g/mol. The Hall–Kier alpha value is -6.81. The van der Waals surface area contributed by atoms with E-state index in [1.165, 1.54) is 50.9 Å². The summed E-state index contributed by atoms with van der Waals surface area (Å²) < 4.78 is 14.3. The molecule has 342 valence electrons. The van der Waals surface area contributed by atoms with E-state index < -0.39 is 35.8 Å². The van der Waals surface area contributed by atoms with Crippen LogP contribution in [0.15, 0.2) is 142 Å². The van der Waals surface area contributed by atoms with Crippen LogP contribution in [-0.2, 0) is 31.5 Å². The molecule has 6 aromatic rings. The molecule has 0 aliphatic heterocycles. The number of benzene rings is 6. The van der Waals surface area contributed by atoms with Crippen molar-refractivity contribution < 1.29 is 58.3 Å². The maximum atomic E-state index is 12.2. The quantitative estimate of drug-likeness (QED) is 0.0500. The topological polar surface area (TPSA) is 191 Å². The maximum absolute atomic E-state index is 12.2. The lowest BCUT2D eigenvalue weighted by atomic mass is 9.99. The normalized spacial score (nSPS) is 10.3. The maximum Gasteiger partial charge on any atom is 0.339 e. The van der Waals surface area contributed by atoms with Gasteiger partial charge >= 0.3 is 35.8 Å². The van der Waals surface area contributed by atoms with Crippen molar-refractivity contribution in [3.8, 4) is 0 Å². The molecule has 0 spiro atoms. The lowest BCUT2D eigenvalue weighted by Crippen LogP contribution is -2.15. The Kier molecular flexibility index (Phi) is 20.1. The number of carboxylic acid groups (broad SMARTS) is 3. The largest absolute Gasteiger partial charge is 0.478 e. The number of carboxylic acids is 3. The van der Waals surface area contributed by atoms with Crippen molar-refractivity contribution in [2.24, 2.45) is 0 Å². The molecule has 0 heterocycles. The molecule has 0 atom stereocenters. The van der Waals surface area contributed by atoms with Crippen LogP contribution < -0.4 is 0 Å². The first kappa shape index (κ1) is 51.8. The number of aromatic carboxylic acids is 3. The Labute approximate surface area is 395 Å². The minimum absolute atomic E-state index is 0.0147. The van der Waals surface area contributed by atoms with Crippen LogP contribution in [0.2, 0.25) is 0 Å². The van der Waals surface area contributed by atoms with Crippen LogP contribution in [0.5, 0.6) is 0 Å². The molecule has 0 aromatic heterocycles. The van der Waals surface area contributed by atoms with E-state index in [0.717, 1.165) is 36.9 Å². The number of hydrogen-bond acceptors (Lipinski definition) is 12. The SMILES string of the molecule is COC(=O)c1cc(C)cc(CSc2ccccc2)c1C(=O)O.COC(=O)c1cc(C)cc(CSc2ccccc2)c1C(=O)OC.Cc1cc(CSc2ccccc2)c(C(=O)O)c(C(=O)O)c1. The fourth-order valence-corrected chi connectivity index (χ4v) is 9.22. The molecule has 0 saturated heterocycles. The van der Waals surface area contributed by atoms with Crippen molar-refractivity contribution in [2.45, 2.75) is 52.7 Å². The molecule has 66 heavy (non-hydrogen) atoms. The molecule has 0 aliphatic carbocycles. The molecule has 3 N–H and O–H groups in total. The summed E-state index contributed by atoms with van der Waals surface area (Å²) in [5, 5.41) is 28.0. The second-order valence-corrected chi connectivity index (χ2v) is 17.4. The van der Waals surface area contributed by atoms with Crippen molar-refractivity contribution in [3.05, 3.63) is 194 Å². The van der Waals surface area contributed by atoms with Crippen molar-refractivity contribution in [1.29, 1.82) is 0 Å². The summed E-state index contributed by atoms with van der Waals surface area (Å²) in [5.74, 6) is -3.83. The van der Waals surface area contributed by atoms with Gasteiger partial charge in [-0.15, -0.1) is 35.3 Å². The van der Waals surface area contributed by atoms with Crippen LogP contribution in [-0.4, -0.2) is 72.5 Å². The standard InChI is InChI=1S/C18H18O4S.C17H16O4S.C16H14O4S/c1-12-9-13(11-23-14-7-5-4-6-8-14)16(18(20)22-3)15(10-12)17(19)21-2;1-11-8-12(10-22-13-6-4-3-5-7-13)15(16(18)19)14(9-11)17(20)21-2;1-10-7-11(9-21-12-5-3-2-4-6-12)14(16(19)20)13(8-10)15(17)18/h4-10H,11H2,1-3H3;3-9H,10H2,1-2H3,(H,18,19);2-8H,9H2,1H3,(H,17,18)(H,19,20). The summed E-state index contributed by atoms with van der Waals surface area (Å²) >= 11 is 4.60. The molecule has 12 nitrogen and oxygen atoms in total. The average Bonchev–Trinajstić information content (AvgIpc) is 3.31. The molecule has 0 bridgehead atoms. The number of ether oxygens (including phenoxy) is 3. The predicted octanol–water partition coefficient (Wildman–Crippen LogP) is 11.3. The molecule has 0 aliphatic rings. The number of thioether (sulfide) groups is 3. The number of carbonyl (C=O) groups is 6. The predicted molar refractivity (Wildman–Crippen MR) is 256 cm³/mol. The Morgan fingerprint density at radius 3 is 0.985 bits per heavy atom. The van der Waals surface area contributed by atoms with Crippen LogP contribution in [0.25, 0.3) is 0 Å². The molecule has 0 fully saturated rings. The van der Waals surface area contributed by atoms with Crippen LogP contribution >= 0.6 is 35.3 Å². The Morgan fingerprint density at radius 1 is 0.394 bits per heavy atom. The van der Waals surface area contributed by atoms with E-state index in [4.69, 9.17) is 14.2 Å². The molecular weight excluding hydrogens is 901 g/mol. The number of carbonyl (C=O) groups excluding carboxylic acids is 3. The summed E-state index contributed by atoms with van der Waals surface area (Å²) in [6, 6.07) is 39.1. The van der Waals surface area contributed by atoms with Gasteiger partial charge in [0.2, 0.25) is 0 Å². The molecule has 0 radical (unpaired) electrons. The van der Waals surface area contributed by atoms with E-state index in [1.54, 1.807) is 43.0 Å². The van der Waals surface area contributed by atoms with Gasteiger partial charge in [-0.05, 0) is 109 Å². The second kappa shape index (κ2) is 25.6. The Morgan fingerprint density at radius 2 is 0.682 bits per heavy atom. The summed E-state index contributed by atoms with van der Waals surface area (Å²) in [6.07, 6.45) is 0. The van der Waals surface area contributed by atoms with Gasteiger partial charge in [0.15, 0.2) is 0 Å². The van der Waals surface area contributed by atoms with E-state index in [0.29, 0.717) is 28.4 Å². The van der Waals surface area contributed by atoms with Gasteiger partial charge in [0, 0.05) is 31.9 Å². The van der Waals surface area contributed by atoms with Crippen LogP contribution in [0.4, 0.5) is 0 Å². The van der Waals surface area contributed by atoms with Gasteiger partial charge in [0.25, 0.3) is 0 Å². The third-order valence-corrected chi connectivity index (χ3v) is 12.5. The highest BCUT2D eigenvalue weighted by atomic mass is 32.2. The third kappa shape index (κ3) is 14.9. The van der Waals surface area contributed by atoms with Gasteiger partial charge in [0.1, 0.15) is 0 Å². The number of hydrogen-bond donors (Lipinski definition) is 3. The first-order chi connectivity index (χ1) is 31.6. The minimum Gasteiger partial charge on any atom is -0.478 e. The molecule has 6 rings (SSSR count). The van der Waals surface area contributed by atoms with E-state index in [2.05, 4.69) is 0 Å². The van der Waals surface area contributed by atoms with E-state index >= 15 is 0 Å². The lowest BCUT2D eigenvalue weighted by Gasteiger charge is -2.13. The van der Waals surface area contributed by atoms with Gasteiger partial charge < -0.3 is 29.5 Å². The summed E-state index contributed by atoms with van der Waals surface area (Å²) in [4.78, 5) is 73.3. The molecule has 6 aromatic carbocycles. The zero-order chi connectivity index (χ0) is 48.3. The highest BCUT2D eigenvalue weighted by Gasteiger charge is 2.25. The Balaban J connectivity index is 0.000000217. The minimum atomic E-state index is -1.22.